The third-order valence-corrected chi connectivity index (χ3v) is 3.40. The Kier molecular flexibility index (Phi) is 3.50. The zero-order valence-corrected chi connectivity index (χ0v) is 10.3. The van der Waals surface area contributed by atoms with Gasteiger partial charge in [0.15, 0.2) is 0 Å². The van der Waals surface area contributed by atoms with Crippen molar-refractivity contribution >= 4 is 11.0 Å². The van der Waals surface area contributed by atoms with Gasteiger partial charge in [-0.1, -0.05) is 32.0 Å². The fourth-order valence-corrected chi connectivity index (χ4v) is 2.23. The van der Waals surface area contributed by atoms with E-state index in [0.29, 0.717) is 5.92 Å². The second kappa shape index (κ2) is 4.90. The van der Waals surface area contributed by atoms with Gasteiger partial charge in [0.25, 0.3) is 0 Å². The molecule has 0 amide bonds. The van der Waals surface area contributed by atoms with Gasteiger partial charge in [-0.25, -0.2) is 0 Å². The largest absolute Gasteiger partial charge is 0.464 e. The predicted octanol–water partition coefficient (Wildman–Crippen LogP) is 2.70. The fraction of sp³-hybridized carbons (Fsp3) is 0.429. The van der Waals surface area contributed by atoms with Crippen LogP contribution in [-0.4, -0.2) is 11.7 Å². The van der Waals surface area contributed by atoms with Crippen LogP contribution in [-0.2, 0) is 0 Å². The minimum atomic E-state index is -0.191. The van der Waals surface area contributed by atoms with E-state index in [1.54, 1.807) is 6.26 Å². The maximum atomic E-state index is 9.43. The van der Waals surface area contributed by atoms with Crippen molar-refractivity contribution in [1.82, 2.24) is 0 Å². The lowest BCUT2D eigenvalue weighted by atomic mass is 9.85. The summed E-state index contributed by atoms with van der Waals surface area (Å²) in [6.45, 7) is 4.24. The van der Waals surface area contributed by atoms with Crippen LogP contribution in [0.2, 0.25) is 0 Å². The second-order valence-electron chi connectivity index (χ2n) is 4.80. The van der Waals surface area contributed by atoms with Gasteiger partial charge in [-0.3, -0.25) is 0 Å². The molecule has 3 N–H and O–H groups in total. The number of aliphatic hydroxyl groups excluding tert-OH is 1. The van der Waals surface area contributed by atoms with Gasteiger partial charge in [-0.05, 0) is 12.0 Å². The normalized spacial score (nSPS) is 15.4. The number of rotatable bonds is 4. The van der Waals surface area contributed by atoms with E-state index in [1.165, 1.54) is 0 Å². The van der Waals surface area contributed by atoms with Crippen LogP contribution in [0, 0.1) is 11.8 Å². The highest BCUT2D eigenvalue weighted by atomic mass is 16.3. The molecule has 17 heavy (non-hydrogen) atoms. The molecule has 2 aromatic rings. The molecule has 0 aliphatic heterocycles. The zero-order chi connectivity index (χ0) is 12.4. The van der Waals surface area contributed by atoms with E-state index in [4.69, 9.17) is 10.2 Å². The number of nitrogens with two attached hydrogens (primary N) is 1. The number of fused-ring (bicyclic) bond motifs is 1. The highest BCUT2D eigenvalue weighted by Crippen LogP contribution is 2.31. The molecule has 2 rings (SSSR count). The number of furan rings is 1. The van der Waals surface area contributed by atoms with Crippen molar-refractivity contribution in [3.8, 4) is 0 Å². The SMILES string of the molecule is CC(C)C(CO)C(N)c1coc2ccccc12. The summed E-state index contributed by atoms with van der Waals surface area (Å²) in [6.07, 6.45) is 1.71. The summed E-state index contributed by atoms with van der Waals surface area (Å²) in [4.78, 5) is 0. The van der Waals surface area contributed by atoms with E-state index in [-0.39, 0.29) is 18.6 Å². The molecule has 3 nitrogen and oxygen atoms in total. The summed E-state index contributed by atoms with van der Waals surface area (Å²) in [5.41, 5.74) is 8.07. The predicted molar refractivity (Wildman–Crippen MR) is 68.6 cm³/mol. The van der Waals surface area contributed by atoms with Crippen LogP contribution in [0.5, 0.6) is 0 Å². The molecule has 2 unspecified atom stereocenters. The van der Waals surface area contributed by atoms with E-state index in [9.17, 15) is 5.11 Å². The first kappa shape index (κ1) is 12.1. The maximum Gasteiger partial charge on any atom is 0.134 e. The first-order chi connectivity index (χ1) is 8.15. The standard InChI is InChI=1S/C14H19NO2/c1-9(2)11(7-16)14(15)12-8-17-13-6-4-3-5-10(12)13/h3-6,8-9,11,14,16H,7,15H2,1-2H3. The number of hydrogen-bond acceptors (Lipinski definition) is 3. The average molecular weight is 233 g/mol. The van der Waals surface area contributed by atoms with Crippen molar-refractivity contribution in [1.29, 1.82) is 0 Å². The molecule has 0 radical (unpaired) electrons. The van der Waals surface area contributed by atoms with Crippen molar-refractivity contribution < 1.29 is 9.52 Å². The van der Waals surface area contributed by atoms with Gasteiger partial charge in [0.1, 0.15) is 5.58 Å². The average Bonchev–Trinajstić information content (AvgIpc) is 2.72. The second-order valence-corrected chi connectivity index (χ2v) is 4.80. The molecule has 2 atom stereocenters. The highest BCUT2D eigenvalue weighted by Gasteiger charge is 2.24. The van der Waals surface area contributed by atoms with Crippen molar-refractivity contribution in [2.75, 3.05) is 6.61 Å². The van der Waals surface area contributed by atoms with E-state index in [0.717, 1.165) is 16.5 Å². The van der Waals surface area contributed by atoms with Crippen molar-refractivity contribution in [2.24, 2.45) is 17.6 Å². The minimum Gasteiger partial charge on any atom is -0.464 e. The molecule has 0 fully saturated rings. The van der Waals surface area contributed by atoms with Crippen LogP contribution >= 0.6 is 0 Å². The van der Waals surface area contributed by atoms with Crippen LogP contribution in [0.3, 0.4) is 0 Å². The molecule has 1 heterocycles. The Labute approximate surface area is 101 Å². The van der Waals surface area contributed by atoms with Gasteiger partial charge in [-0.15, -0.1) is 0 Å². The van der Waals surface area contributed by atoms with Crippen LogP contribution in [0.15, 0.2) is 34.9 Å². The number of aliphatic hydroxyl groups is 1. The van der Waals surface area contributed by atoms with Crippen molar-refractivity contribution in [2.45, 2.75) is 19.9 Å². The summed E-state index contributed by atoms with van der Waals surface area (Å²) in [5, 5.41) is 10.5. The van der Waals surface area contributed by atoms with Crippen LogP contribution in [0.25, 0.3) is 11.0 Å². The highest BCUT2D eigenvalue weighted by molar-refractivity contribution is 5.81. The van der Waals surface area contributed by atoms with Gasteiger partial charge in [0.2, 0.25) is 0 Å². The summed E-state index contributed by atoms with van der Waals surface area (Å²) >= 11 is 0. The van der Waals surface area contributed by atoms with E-state index in [2.05, 4.69) is 13.8 Å². The van der Waals surface area contributed by atoms with Crippen LogP contribution < -0.4 is 5.73 Å². The monoisotopic (exact) mass is 233 g/mol. The molecule has 0 bridgehead atoms. The van der Waals surface area contributed by atoms with Gasteiger partial charge in [-0.2, -0.15) is 0 Å². The molecule has 0 saturated carbocycles. The summed E-state index contributed by atoms with van der Waals surface area (Å²) in [5.74, 6) is 0.389. The third kappa shape index (κ3) is 2.21. The molecule has 92 valence electrons. The Balaban J connectivity index is 2.39. The molecular formula is C14H19NO2. The van der Waals surface area contributed by atoms with E-state index in [1.807, 2.05) is 24.3 Å². The summed E-state index contributed by atoms with van der Waals surface area (Å²) in [7, 11) is 0. The number of para-hydroxylation sites is 1. The first-order valence-corrected chi connectivity index (χ1v) is 5.97. The van der Waals surface area contributed by atoms with Gasteiger partial charge in [0, 0.05) is 29.5 Å². The van der Waals surface area contributed by atoms with Gasteiger partial charge in [0.05, 0.1) is 6.26 Å². The Bertz CT molecular complexity index is 490. The van der Waals surface area contributed by atoms with E-state index < -0.39 is 0 Å². The fourth-order valence-electron chi connectivity index (χ4n) is 2.23. The lowest BCUT2D eigenvalue weighted by molar-refractivity contribution is 0.166. The summed E-state index contributed by atoms with van der Waals surface area (Å²) in [6, 6.07) is 7.64. The van der Waals surface area contributed by atoms with Gasteiger partial charge < -0.3 is 15.3 Å². The van der Waals surface area contributed by atoms with Gasteiger partial charge >= 0.3 is 0 Å². The topological polar surface area (TPSA) is 59.4 Å². The Hall–Kier alpha value is -1.32. The lowest BCUT2D eigenvalue weighted by Crippen LogP contribution is -2.28. The molecule has 0 spiro atoms. The zero-order valence-electron chi connectivity index (χ0n) is 10.3. The molecular weight excluding hydrogens is 214 g/mol. The molecule has 1 aromatic heterocycles. The summed E-state index contributed by atoms with van der Waals surface area (Å²) < 4.78 is 5.48. The number of hydrogen-bond donors (Lipinski definition) is 2. The number of benzene rings is 1. The molecule has 0 aliphatic carbocycles. The quantitative estimate of drug-likeness (QED) is 0.853. The molecule has 0 saturated heterocycles. The van der Waals surface area contributed by atoms with Crippen molar-refractivity contribution in [3.63, 3.8) is 0 Å². The van der Waals surface area contributed by atoms with E-state index >= 15 is 0 Å². The smallest absolute Gasteiger partial charge is 0.134 e. The molecule has 0 aliphatic rings. The minimum absolute atomic E-state index is 0.0519. The van der Waals surface area contributed by atoms with Crippen LogP contribution in [0.1, 0.15) is 25.5 Å². The Morgan fingerprint density at radius 1 is 1.29 bits per heavy atom. The third-order valence-electron chi connectivity index (χ3n) is 3.40. The lowest BCUT2D eigenvalue weighted by Gasteiger charge is -2.24. The Morgan fingerprint density at radius 2 is 2.00 bits per heavy atom. The molecule has 1 aromatic carbocycles. The maximum absolute atomic E-state index is 9.43. The molecule has 3 heteroatoms. The Morgan fingerprint density at radius 3 is 2.65 bits per heavy atom. The first-order valence-electron chi connectivity index (χ1n) is 5.97. The van der Waals surface area contributed by atoms with Crippen molar-refractivity contribution in [3.05, 3.63) is 36.1 Å². The van der Waals surface area contributed by atoms with Crippen LogP contribution in [0.4, 0.5) is 0 Å².